The van der Waals surface area contributed by atoms with E-state index in [4.69, 9.17) is 5.11 Å². The van der Waals surface area contributed by atoms with Crippen molar-refractivity contribution < 1.29 is 18.3 Å². The molecule has 0 amide bonds. The number of nitrogens with one attached hydrogen (secondary N) is 1. The van der Waals surface area contributed by atoms with E-state index in [2.05, 4.69) is 14.8 Å². The number of carboxylic acids is 1. The van der Waals surface area contributed by atoms with Crippen molar-refractivity contribution in [2.45, 2.75) is 11.8 Å². The topological polar surface area (TPSA) is 114 Å². The molecule has 8 nitrogen and oxygen atoms in total. The minimum absolute atomic E-state index is 0.0157. The van der Waals surface area contributed by atoms with Crippen molar-refractivity contribution in [1.29, 1.82) is 0 Å². The van der Waals surface area contributed by atoms with Crippen LogP contribution in [0.25, 0.3) is 0 Å². The Morgan fingerprint density at radius 1 is 1.53 bits per heavy atom. The van der Waals surface area contributed by atoms with Gasteiger partial charge in [0.15, 0.2) is 0 Å². The molecule has 2 N–H and O–H groups in total. The Hall–Kier alpha value is -1.94. The van der Waals surface area contributed by atoms with Crippen LogP contribution in [-0.2, 0) is 17.1 Å². The molecule has 0 spiro atoms. The number of sulfonamides is 1. The van der Waals surface area contributed by atoms with Gasteiger partial charge in [-0.05, 0) is 17.9 Å². The van der Waals surface area contributed by atoms with Gasteiger partial charge in [0.25, 0.3) is 10.0 Å². The van der Waals surface area contributed by atoms with Crippen LogP contribution < -0.4 is 4.72 Å². The van der Waals surface area contributed by atoms with Crippen molar-refractivity contribution >= 4 is 33.3 Å². The lowest BCUT2D eigenvalue weighted by molar-refractivity contribution is 0.0698. The average molecular weight is 302 g/mol. The largest absolute Gasteiger partial charge is 0.477 e. The molecule has 10 heteroatoms. The second kappa shape index (κ2) is 4.63. The summed E-state index contributed by atoms with van der Waals surface area (Å²) in [5, 5.41) is 14.2. The smallest absolute Gasteiger partial charge is 0.347 e. The van der Waals surface area contributed by atoms with Gasteiger partial charge in [-0.15, -0.1) is 11.3 Å². The third kappa shape index (κ3) is 2.44. The lowest BCUT2D eigenvalue weighted by Crippen LogP contribution is -2.18. The first-order valence-electron chi connectivity index (χ1n) is 5.01. The summed E-state index contributed by atoms with van der Waals surface area (Å²) < 4.78 is 27.9. The van der Waals surface area contributed by atoms with Crippen LogP contribution >= 0.6 is 11.3 Å². The van der Waals surface area contributed by atoms with E-state index in [-0.39, 0.29) is 15.7 Å². The molecule has 0 aliphatic carbocycles. The SMILES string of the molecule is Cc1csc(C(=O)O)c1S(=O)(=O)Nc1ncnn1C. The number of anilines is 1. The first-order valence-corrected chi connectivity index (χ1v) is 7.37. The summed E-state index contributed by atoms with van der Waals surface area (Å²) in [6.45, 7) is 1.54. The number of aromatic carboxylic acids is 1. The number of aryl methyl sites for hydroxylation is 2. The predicted molar refractivity (Wildman–Crippen MR) is 67.8 cm³/mol. The molecule has 2 heterocycles. The van der Waals surface area contributed by atoms with Crippen molar-refractivity contribution in [3.8, 4) is 0 Å². The second-order valence-electron chi connectivity index (χ2n) is 3.69. The van der Waals surface area contributed by atoms with E-state index in [0.29, 0.717) is 5.56 Å². The van der Waals surface area contributed by atoms with E-state index >= 15 is 0 Å². The van der Waals surface area contributed by atoms with Gasteiger partial charge in [0, 0.05) is 7.05 Å². The fourth-order valence-corrected chi connectivity index (χ4v) is 4.15. The monoisotopic (exact) mass is 302 g/mol. The molecular weight excluding hydrogens is 292 g/mol. The second-order valence-corrected chi connectivity index (χ2v) is 6.19. The van der Waals surface area contributed by atoms with Crippen LogP contribution in [0.15, 0.2) is 16.6 Å². The van der Waals surface area contributed by atoms with Crippen LogP contribution in [0.4, 0.5) is 5.95 Å². The number of hydrogen-bond acceptors (Lipinski definition) is 6. The lowest BCUT2D eigenvalue weighted by atomic mass is 10.3. The van der Waals surface area contributed by atoms with Gasteiger partial charge in [-0.1, -0.05) is 0 Å². The predicted octanol–water partition coefficient (Wildman–Crippen LogP) is 0.684. The maximum Gasteiger partial charge on any atom is 0.347 e. The van der Waals surface area contributed by atoms with Gasteiger partial charge in [-0.25, -0.2) is 22.6 Å². The summed E-state index contributed by atoms with van der Waals surface area (Å²) in [4.78, 5) is 14.3. The standard InChI is InChI=1S/C9H10N4O4S2/c1-5-3-18-6(8(14)15)7(5)19(16,17)12-9-10-4-11-13(9)2/h3-4H,1-2H3,(H,14,15)(H,10,11,12). The molecule has 0 aliphatic heterocycles. The van der Waals surface area contributed by atoms with E-state index in [1.807, 2.05) is 0 Å². The van der Waals surface area contributed by atoms with Crippen LogP contribution in [0.3, 0.4) is 0 Å². The van der Waals surface area contributed by atoms with Gasteiger partial charge in [0.1, 0.15) is 16.1 Å². The highest BCUT2D eigenvalue weighted by Gasteiger charge is 2.27. The summed E-state index contributed by atoms with van der Waals surface area (Å²) in [5.41, 5.74) is 0.372. The molecule has 2 aromatic rings. The molecular formula is C9H10N4O4S2. The Labute approximate surface area is 112 Å². The summed E-state index contributed by atoms with van der Waals surface area (Å²) in [6.07, 6.45) is 1.19. The van der Waals surface area contributed by atoms with Gasteiger partial charge in [0.05, 0.1) is 0 Å². The number of rotatable bonds is 4. The van der Waals surface area contributed by atoms with Crippen LogP contribution in [-0.4, -0.2) is 34.3 Å². The Morgan fingerprint density at radius 3 is 2.74 bits per heavy atom. The highest BCUT2D eigenvalue weighted by Crippen LogP contribution is 2.28. The molecule has 0 saturated heterocycles. The Morgan fingerprint density at radius 2 is 2.21 bits per heavy atom. The molecule has 0 radical (unpaired) electrons. The highest BCUT2D eigenvalue weighted by molar-refractivity contribution is 7.93. The summed E-state index contributed by atoms with van der Waals surface area (Å²) in [7, 11) is -2.50. The first kappa shape index (κ1) is 13.5. The highest BCUT2D eigenvalue weighted by atomic mass is 32.2. The zero-order valence-corrected chi connectivity index (χ0v) is 11.6. The third-order valence-corrected chi connectivity index (χ3v) is 5.05. The van der Waals surface area contributed by atoms with Crippen LogP contribution in [0.1, 0.15) is 15.2 Å². The maximum absolute atomic E-state index is 12.2. The van der Waals surface area contributed by atoms with Gasteiger partial charge in [-0.2, -0.15) is 10.1 Å². The molecule has 0 atom stereocenters. The fourth-order valence-electron chi connectivity index (χ4n) is 1.47. The number of carboxylic acid groups (broad SMARTS) is 1. The van der Waals surface area contributed by atoms with E-state index in [0.717, 1.165) is 11.3 Å². The molecule has 19 heavy (non-hydrogen) atoms. The number of aromatic nitrogens is 3. The maximum atomic E-state index is 12.2. The van der Waals surface area contributed by atoms with Crippen LogP contribution in [0.2, 0.25) is 0 Å². The van der Waals surface area contributed by atoms with Gasteiger partial charge in [-0.3, -0.25) is 0 Å². The molecule has 0 fully saturated rings. The Kier molecular flexibility index (Phi) is 3.28. The minimum Gasteiger partial charge on any atom is -0.477 e. The third-order valence-electron chi connectivity index (χ3n) is 2.32. The molecule has 2 aromatic heterocycles. The number of thiophene rings is 1. The number of hydrogen-bond donors (Lipinski definition) is 2. The summed E-state index contributed by atoms with van der Waals surface area (Å²) in [5.74, 6) is -1.27. The lowest BCUT2D eigenvalue weighted by Gasteiger charge is -2.07. The van der Waals surface area contributed by atoms with E-state index in [1.54, 1.807) is 0 Å². The van der Waals surface area contributed by atoms with E-state index < -0.39 is 16.0 Å². The summed E-state index contributed by atoms with van der Waals surface area (Å²) >= 11 is 0.866. The molecule has 0 saturated carbocycles. The van der Waals surface area contributed by atoms with Crippen molar-refractivity contribution in [3.63, 3.8) is 0 Å². The molecule has 0 bridgehead atoms. The van der Waals surface area contributed by atoms with Crippen molar-refractivity contribution in [3.05, 3.63) is 22.1 Å². The molecule has 2 rings (SSSR count). The average Bonchev–Trinajstić information content (AvgIpc) is 2.86. The Bertz CT molecular complexity index is 731. The zero-order chi connectivity index (χ0) is 14.2. The zero-order valence-electron chi connectivity index (χ0n) is 9.98. The van der Waals surface area contributed by atoms with E-state index in [1.165, 1.54) is 30.4 Å². The number of carbonyl (C=O) groups is 1. The molecule has 102 valence electrons. The Balaban J connectivity index is 2.49. The number of nitrogens with zero attached hydrogens (tertiary/aromatic N) is 3. The normalized spacial score (nSPS) is 11.5. The quantitative estimate of drug-likeness (QED) is 0.858. The van der Waals surface area contributed by atoms with Gasteiger partial charge >= 0.3 is 5.97 Å². The van der Waals surface area contributed by atoms with Crippen molar-refractivity contribution in [1.82, 2.24) is 14.8 Å². The minimum atomic E-state index is -4.01. The van der Waals surface area contributed by atoms with Gasteiger partial charge < -0.3 is 5.11 Å². The van der Waals surface area contributed by atoms with Gasteiger partial charge in [0.2, 0.25) is 5.95 Å². The van der Waals surface area contributed by atoms with E-state index in [9.17, 15) is 13.2 Å². The first-order chi connectivity index (χ1) is 8.83. The van der Waals surface area contributed by atoms with Crippen LogP contribution in [0, 0.1) is 6.92 Å². The fraction of sp³-hybridized carbons (Fsp3) is 0.222. The molecule has 0 aliphatic rings. The van der Waals surface area contributed by atoms with Crippen molar-refractivity contribution in [2.24, 2.45) is 7.05 Å². The van der Waals surface area contributed by atoms with Crippen LogP contribution in [0.5, 0.6) is 0 Å². The molecule has 0 aromatic carbocycles. The van der Waals surface area contributed by atoms with Crippen molar-refractivity contribution in [2.75, 3.05) is 4.72 Å². The summed E-state index contributed by atoms with van der Waals surface area (Å²) in [6, 6.07) is 0. The molecule has 0 unspecified atom stereocenters.